The average molecular weight is 429 g/mol. The Morgan fingerprint density at radius 3 is 2.41 bits per heavy atom. The van der Waals surface area contributed by atoms with Crippen molar-refractivity contribution in [2.24, 2.45) is 0 Å². The van der Waals surface area contributed by atoms with Gasteiger partial charge in [-0.2, -0.15) is 10.2 Å². The first-order valence-electron chi connectivity index (χ1n) is 10.8. The third-order valence-electron chi connectivity index (χ3n) is 5.10. The standard InChI is InChI=1S/C16H17N5.C9H11NO/c17-12-13-4-6-14(7-5-13)19-16-18-9-8-15(20-16)21-10-2-1-3-11-21;1-8-2-4-9(5-3-8)6-10-7-11/h4-9H,1-3,10-11H2,(H,18,19,20);2-5,7H,6H2,1H3,(H,10,11). The molecule has 0 unspecified atom stereocenters. The van der Waals surface area contributed by atoms with Crippen LogP contribution in [0.2, 0.25) is 0 Å². The van der Waals surface area contributed by atoms with Crippen molar-refractivity contribution in [3.8, 4) is 6.07 Å². The molecule has 0 atom stereocenters. The zero-order valence-corrected chi connectivity index (χ0v) is 18.3. The van der Waals surface area contributed by atoms with Crippen LogP contribution in [0.15, 0.2) is 60.8 Å². The smallest absolute Gasteiger partial charge is 0.229 e. The minimum Gasteiger partial charge on any atom is -0.356 e. The predicted octanol–water partition coefficient (Wildman–Crippen LogP) is 4.32. The summed E-state index contributed by atoms with van der Waals surface area (Å²) in [6.45, 7) is 4.78. The van der Waals surface area contributed by atoms with Gasteiger partial charge in [0.25, 0.3) is 0 Å². The maximum Gasteiger partial charge on any atom is 0.229 e. The Kier molecular flexibility index (Phi) is 8.58. The molecule has 1 aliphatic heterocycles. The zero-order chi connectivity index (χ0) is 22.6. The minimum absolute atomic E-state index is 0.586. The van der Waals surface area contributed by atoms with E-state index in [9.17, 15) is 4.79 Å². The fraction of sp³-hybridized carbons (Fsp3) is 0.280. The van der Waals surface area contributed by atoms with Crippen molar-refractivity contribution in [3.63, 3.8) is 0 Å². The molecule has 1 saturated heterocycles. The van der Waals surface area contributed by atoms with Crippen LogP contribution in [-0.4, -0.2) is 29.5 Å². The number of carbonyl (C=O) groups is 1. The topological polar surface area (TPSA) is 93.9 Å². The molecule has 1 amide bonds. The van der Waals surface area contributed by atoms with Gasteiger partial charge < -0.3 is 15.5 Å². The lowest BCUT2D eigenvalue weighted by Crippen LogP contribution is -2.30. The monoisotopic (exact) mass is 428 g/mol. The minimum atomic E-state index is 0.586. The third kappa shape index (κ3) is 7.10. The van der Waals surface area contributed by atoms with Crippen LogP contribution in [0.4, 0.5) is 17.5 Å². The Labute approximate surface area is 189 Å². The molecule has 0 aliphatic carbocycles. The van der Waals surface area contributed by atoms with Crippen molar-refractivity contribution in [1.82, 2.24) is 15.3 Å². The highest BCUT2D eigenvalue weighted by Gasteiger charge is 2.12. The van der Waals surface area contributed by atoms with E-state index in [1.807, 2.05) is 49.4 Å². The first-order valence-corrected chi connectivity index (χ1v) is 10.8. The van der Waals surface area contributed by atoms with Crippen molar-refractivity contribution >= 4 is 23.9 Å². The van der Waals surface area contributed by atoms with Crippen LogP contribution in [0.25, 0.3) is 0 Å². The van der Waals surface area contributed by atoms with Crippen molar-refractivity contribution in [2.75, 3.05) is 23.3 Å². The molecule has 0 bridgehead atoms. The second kappa shape index (κ2) is 12.1. The first-order chi connectivity index (χ1) is 15.7. The maximum absolute atomic E-state index is 9.93. The van der Waals surface area contributed by atoms with Gasteiger partial charge >= 0.3 is 0 Å². The molecule has 1 aromatic heterocycles. The fourth-order valence-electron chi connectivity index (χ4n) is 3.33. The number of nitrogens with one attached hydrogen (secondary N) is 2. The lowest BCUT2D eigenvalue weighted by molar-refractivity contribution is -0.109. The van der Waals surface area contributed by atoms with Crippen LogP contribution < -0.4 is 15.5 Å². The summed E-state index contributed by atoms with van der Waals surface area (Å²) in [6.07, 6.45) is 6.24. The zero-order valence-electron chi connectivity index (χ0n) is 18.3. The number of nitrogens with zero attached hydrogens (tertiary/aromatic N) is 4. The van der Waals surface area contributed by atoms with Crippen LogP contribution >= 0.6 is 0 Å². The van der Waals surface area contributed by atoms with Crippen molar-refractivity contribution < 1.29 is 4.79 Å². The summed E-state index contributed by atoms with van der Waals surface area (Å²) in [5, 5.41) is 14.6. The molecule has 3 aromatic rings. The van der Waals surface area contributed by atoms with Gasteiger partial charge in [0, 0.05) is 31.5 Å². The molecular formula is C25H28N6O. The lowest BCUT2D eigenvalue weighted by Gasteiger charge is -2.27. The van der Waals surface area contributed by atoms with Gasteiger partial charge in [-0.3, -0.25) is 4.79 Å². The predicted molar refractivity (Wildman–Crippen MR) is 127 cm³/mol. The molecule has 2 N–H and O–H groups in total. The first kappa shape index (κ1) is 22.8. The summed E-state index contributed by atoms with van der Waals surface area (Å²) in [5.74, 6) is 1.56. The molecule has 1 aliphatic rings. The summed E-state index contributed by atoms with van der Waals surface area (Å²) >= 11 is 0. The normalized spacial score (nSPS) is 12.7. The highest BCUT2D eigenvalue weighted by atomic mass is 16.1. The number of piperidine rings is 1. The van der Waals surface area contributed by atoms with E-state index in [1.54, 1.807) is 18.3 Å². The van der Waals surface area contributed by atoms with E-state index in [-0.39, 0.29) is 0 Å². The Bertz CT molecular complexity index is 1020. The Balaban J connectivity index is 0.000000222. The van der Waals surface area contributed by atoms with Gasteiger partial charge in [-0.15, -0.1) is 0 Å². The molecule has 0 radical (unpaired) electrons. The summed E-state index contributed by atoms with van der Waals surface area (Å²) in [4.78, 5) is 21.1. The molecular weight excluding hydrogens is 400 g/mol. The number of nitriles is 1. The molecule has 2 heterocycles. The summed E-state index contributed by atoms with van der Waals surface area (Å²) in [7, 11) is 0. The van der Waals surface area contributed by atoms with Crippen LogP contribution in [0, 0.1) is 18.3 Å². The molecule has 7 heteroatoms. The number of benzene rings is 2. The third-order valence-corrected chi connectivity index (χ3v) is 5.10. The van der Waals surface area contributed by atoms with Crippen molar-refractivity contribution in [3.05, 3.63) is 77.5 Å². The lowest BCUT2D eigenvalue weighted by atomic mass is 10.1. The van der Waals surface area contributed by atoms with E-state index in [0.29, 0.717) is 24.5 Å². The molecule has 2 aromatic carbocycles. The van der Waals surface area contributed by atoms with Gasteiger partial charge in [0.05, 0.1) is 11.6 Å². The molecule has 4 rings (SSSR count). The quantitative estimate of drug-likeness (QED) is 0.568. The van der Waals surface area contributed by atoms with Gasteiger partial charge in [-0.25, -0.2) is 4.98 Å². The number of hydrogen-bond donors (Lipinski definition) is 2. The van der Waals surface area contributed by atoms with E-state index >= 15 is 0 Å². The molecule has 0 saturated carbocycles. The Morgan fingerprint density at radius 2 is 1.75 bits per heavy atom. The van der Waals surface area contributed by atoms with Gasteiger partial charge in [-0.05, 0) is 62.1 Å². The van der Waals surface area contributed by atoms with E-state index < -0.39 is 0 Å². The molecule has 164 valence electrons. The SMILES string of the molecule is Cc1ccc(CNC=O)cc1.N#Cc1ccc(Nc2nccc(N3CCCCC3)n2)cc1. The second-order valence-corrected chi connectivity index (χ2v) is 7.58. The summed E-state index contributed by atoms with van der Waals surface area (Å²) < 4.78 is 0. The van der Waals surface area contributed by atoms with Crippen LogP contribution in [0.3, 0.4) is 0 Å². The van der Waals surface area contributed by atoms with Gasteiger partial charge in [0.15, 0.2) is 0 Å². The van der Waals surface area contributed by atoms with Crippen molar-refractivity contribution in [2.45, 2.75) is 32.7 Å². The van der Waals surface area contributed by atoms with E-state index in [4.69, 9.17) is 5.26 Å². The number of aryl methyl sites for hydroxylation is 1. The average Bonchev–Trinajstić information content (AvgIpc) is 2.85. The highest BCUT2D eigenvalue weighted by Crippen LogP contribution is 2.20. The highest BCUT2D eigenvalue weighted by molar-refractivity contribution is 5.56. The van der Waals surface area contributed by atoms with Crippen LogP contribution in [0.5, 0.6) is 0 Å². The van der Waals surface area contributed by atoms with E-state index in [1.165, 1.54) is 24.8 Å². The summed E-state index contributed by atoms with van der Waals surface area (Å²) in [6, 6.07) is 19.4. The number of hydrogen-bond acceptors (Lipinski definition) is 6. The van der Waals surface area contributed by atoms with Gasteiger partial charge in [0.1, 0.15) is 5.82 Å². The van der Waals surface area contributed by atoms with E-state index in [0.717, 1.165) is 30.2 Å². The van der Waals surface area contributed by atoms with Gasteiger partial charge in [-0.1, -0.05) is 29.8 Å². The largest absolute Gasteiger partial charge is 0.356 e. The van der Waals surface area contributed by atoms with Crippen molar-refractivity contribution in [1.29, 1.82) is 5.26 Å². The number of carbonyl (C=O) groups excluding carboxylic acids is 1. The van der Waals surface area contributed by atoms with Gasteiger partial charge in [0.2, 0.25) is 12.4 Å². The molecule has 7 nitrogen and oxygen atoms in total. The second-order valence-electron chi connectivity index (χ2n) is 7.58. The Morgan fingerprint density at radius 1 is 1.03 bits per heavy atom. The summed E-state index contributed by atoms with van der Waals surface area (Å²) in [5.41, 5.74) is 3.89. The molecule has 1 fully saturated rings. The maximum atomic E-state index is 9.93. The Hall–Kier alpha value is -3.92. The van der Waals surface area contributed by atoms with Crippen LogP contribution in [0.1, 0.15) is 36.0 Å². The number of rotatable bonds is 6. The molecule has 32 heavy (non-hydrogen) atoms. The number of amides is 1. The number of aromatic nitrogens is 2. The molecule has 0 spiro atoms. The van der Waals surface area contributed by atoms with Crippen LogP contribution in [-0.2, 0) is 11.3 Å². The fourth-order valence-corrected chi connectivity index (χ4v) is 3.33. The number of anilines is 3. The van der Waals surface area contributed by atoms with E-state index in [2.05, 4.69) is 31.6 Å².